The van der Waals surface area contributed by atoms with Crippen molar-refractivity contribution < 1.29 is 4.79 Å². The first kappa shape index (κ1) is 19.1. The van der Waals surface area contributed by atoms with Gasteiger partial charge in [-0.1, -0.05) is 56.1 Å². The van der Waals surface area contributed by atoms with E-state index in [0.717, 1.165) is 20.9 Å². The number of benzene rings is 2. The summed E-state index contributed by atoms with van der Waals surface area (Å²) in [4.78, 5) is 10.7. The lowest BCUT2D eigenvalue weighted by molar-refractivity contribution is -0.116. The van der Waals surface area contributed by atoms with Crippen LogP contribution in [0.1, 0.15) is 25.0 Å². The topological polar surface area (TPSA) is 43.1 Å². The van der Waals surface area contributed by atoms with Gasteiger partial charge in [-0.15, -0.1) is 0 Å². The molecule has 2 aromatic carbocycles. The minimum absolute atomic E-state index is 0.201. The molecule has 2 nitrogen and oxygen atoms in total. The number of hydrogen-bond acceptors (Lipinski definition) is 2. The van der Waals surface area contributed by atoms with Crippen LogP contribution in [0.15, 0.2) is 57.5 Å². The van der Waals surface area contributed by atoms with E-state index >= 15 is 0 Å². The van der Waals surface area contributed by atoms with Gasteiger partial charge >= 0.3 is 0 Å². The quantitative estimate of drug-likeness (QED) is 0.753. The van der Waals surface area contributed by atoms with Gasteiger partial charge in [0.1, 0.15) is 5.78 Å². The Kier molecular flexibility index (Phi) is 8.61. The van der Waals surface area contributed by atoms with Crippen molar-refractivity contribution in [3.05, 3.63) is 68.6 Å². The predicted octanol–water partition coefficient (Wildman–Crippen LogP) is 4.92. The monoisotopic (exact) mass is 425 g/mol. The Balaban J connectivity index is 0.000000220. The highest BCUT2D eigenvalue weighted by Crippen LogP contribution is 2.11. The van der Waals surface area contributed by atoms with Crippen molar-refractivity contribution >= 4 is 37.6 Å². The Bertz CT molecular complexity index is 577. The molecule has 1 unspecified atom stereocenters. The van der Waals surface area contributed by atoms with Gasteiger partial charge in [0.25, 0.3) is 0 Å². The summed E-state index contributed by atoms with van der Waals surface area (Å²) in [6.07, 6.45) is 1.49. The lowest BCUT2D eigenvalue weighted by atomic mass is 10.1. The largest absolute Gasteiger partial charge is 0.328 e. The Hall–Kier alpha value is -0.970. The van der Waals surface area contributed by atoms with E-state index in [-0.39, 0.29) is 11.8 Å². The molecule has 0 aliphatic carbocycles. The first-order valence-corrected chi connectivity index (χ1v) is 8.69. The van der Waals surface area contributed by atoms with E-state index in [1.165, 1.54) is 5.56 Å². The molecule has 0 aliphatic heterocycles. The summed E-state index contributed by atoms with van der Waals surface area (Å²) in [5, 5.41) is 0. The Labute approximate surface area is 149 Å². The SMILES string of the molecule is CC(=O)Cc1ccc(Br)cc1.CC(N)Cc1ccc(Br)cc1. The Morgan fingerprint density at radius 2 is 1.36 bits per heavy atom. The zero-order valence-electron chi connectivity index (χ0n) is 12.9. The highest BCUT2D eigenvalue weighted by molar-refractivity contribution is 9.10. The second kappa shape index (κ2) is 9.93. The molecule has 0 aliphatic rings. The summed E-state index contributed by atoms with van der Waals surface area (Å²) in [7, 11) is 0. The number of Topliss-reactive ketones (excluding diaryl/α,β-unsaturated/α-hetero) is 1. The molecule has 0 spiro atoms. The van der Waals surface area contributed by atoms with Gasteiger partial charge in [0.2, 0.25) is 0 Å². The van der Waals surface area contributed by atoms with Crippen LogP contribution in [0.4, 0.5) is 0 Å². The van der Waals surface area contributed by atoms with Crippen LogP contribution in [0.5, 0.6) is 0 Å². The molecule has 22 heavy (non-hydrogen) atoms. The fourth-order valence-corrected chi connectivity index (χ4v) is 2.41. The number of ketones is 1. The number of rotatable bonds is 4. The van der Waals surface area contributed by atoms with Crippen LogP contribution in [0.3, 0.4) is 0 Å². The van der Waals surface area contributed by atoms with Crippen LogP contribution in [-0.2, 0) is 17.6 Å². The van der Waals surface area contributed by atoms with E-state index in [1.807, 2.05) is 43.3 Å². The molecule has 118 valence electrons. The van der Waals surface area contributed by atoms with Crippen molar-refractivity contribution in [2.45, 2.75) is 32.7 Å². The Morgan fingerprint density at radius 1 is 0.955 bits per heavy atom. The van der Waals surface area contributed by atoms with E-state index < -0.39 is 0 Å². The van der Waals surface area contributed by atoms with Gasteiger partial charge in [0.15, 0.2) is 0 Å². The third-order valence-corrected chi connectivity index (χ3v) is 3.89. The second-order valence-corrected chi connectivity index (χ2v) is 7.14. The lowest BCUT2D eigenvalue weighted by Gasteiger charge is -2.03. The molecule has 0 saturated heterocycles. The maximum absolute atomic E-state index is 10.7. The Morgan fingerprint density at radius 3 is 1.73 bits per heavy atom. The molecule has 0 radical (unpaired) electrons. The zero-order valence-corrected chi connectivity index (χ0v) is 16.0. The van der Waals surface area contributed by atoms with E-state index in [4.69, 9.17) is 5.73 Å². The van der Waals surface area contributed by atoms with Crippen molar-refractivity contribution in [1.29, 1.82) is 0 Å². The van der Waals surface area contributed by atoms with Crippen LogP contribution >= 0.6 is 31.9 Å². The molecule has 0 heterocycles. The molecule has 1 atom stereocenters. The minimum Gasteiger partial charge on any atom is -0.328 e. The molecular formula is C18H21Br2NO. The molecule has 0 saturated carbocycles. The van der Waals surface area contributed by atoms with Crippen molar-refractivity contribution in [2.75, 3.05) is 0 Å². The summed E-state index contributed by atoms with van der Waals surface area (Å²) in [5.74, 6) is 0.201. The van der Waals surface area contributed by atoms with Crippen molar-refractivity contribution in [3.63, 3.8) is 0 Å². The fourth-order valence-electron chi connectivity index (χ4n) is 1.88. The summed E-state index contributed by atoms with van der Waals surface area (Å²) < 4.78 is 2.16. The van der Waals surface area contributed by atoms with Crippen LogP contribution in [0.25, 0.3) is 0 Å². The van der Waals surface area contributed by atoms with E-state index in [1.54, 1.807) is 6.92 Å². The molecule has 2 N–H and O–H groups in total. The van der Waals surface area contributed by atoms with Gasteiger partial charge in [-0.2, -0.15) is 0 Å². The van der Waals surface area contributed by atoms with Crippen molar-refractivity contribution in [2.24, 2.45) is 5.73 Å². The van der Waals surface area contributed by atoms with Crippen LogP contribution in [0, 0.1) is 0 Å². The van der Waals surface area contributed by atoms with Crippen LogP contribution < -0.4 is 5.73 Å². The summed E-state index contributed by atoms with van der Waals surface area (Å²) >= 11 is 6.71. The molecule has 0 aromatic heterocycles. The smallest absolute Gasteiger partial charge is 0.134 e. The average molecular weight is 427 g/mol. The average Bonchev–Trinajstić information content (AvgIpc) is 2.44. The molecule has 2 rings (SSSR count). The zero-order chi connectivity index (χ0) is 16.5. The third kappa shape index (κ3) is 8.47. The summed E-state index contributed by atoms with van der Waals surface area (Å²) in [5.41, 5.74) is 8.02. The number of hydrogen-bond donors (Lipinski definition) is 1. The number of carbonyl (C=O) groups is 1. The van der Waals surface area contributed by atoms with Gasteiger partial charge in [-0.3, -0.25) is 4.79 Å². The molecule has 0 amide bonds. The molecule has 0 fully saturated rings. The normalized spacial score (nSPS) is 11.3. The van der Waals surface area contributed by atoms with Gasteiger partial charge in [0.05, 0.1) is 0 Å². The van der Waals surface area contributed by atoms with Gasteiger partial charge < -0.3 is 5.73 Å². The standard InChI is InChI=1S/C9H12BrN.C9H9BrO/c2*1-7(11)6-8-2-4-9(10)5-3-8/h2-5,7H,6,11H2,1H3;2-5H,6H2,1H3. The van der Waals surface area contributed by atoms with Crippen LogP contribution in [-0.4, -0.2) is 11.8 Å². The maximum Gasteiger partial charge on any atom is 0.134 e. The first-order chi connectivity index (χ1) is 10.4. The number of halogens is 2. The van der Waals surface area contributed by atoms with E-state index in [9.17, 15) is 4.79 Å². The van der Waals surface area contributed by atoms with Crippen molar-refractivity contribution in [1.82, 2.24) is 0 Å². The maximum atomic E-state index is 10.7. The van der Waals surface area contributed by atoms with E-state index in [0.29, 0.717) is 6.42 Å². The van der Waals surface area contributed by atoms with Gasteiger partial charge in [-0.25, -0.2) is 0 Å². The first-order valence-electron chi connectivity index (χ1n) is 7.10. The fraction of sp³-hybridized carbons (Fsp3) is 0.278. The molecule has 4 heteroatoms. The van der Waals surface area contributed by atoms with Crippen molar-refractivity contribution in [3.8, 4) is 0 Å². The predicted molar refractivity (Wildman–Crippen MR) is 100 cm³/mol. The summed E-state index contributed by atoms with van der Waals surface area (Å²) in [6, 6.07) is 16.3. The highest BCUT2D eigenvalue weighted by atomic mass is 79.9. The summed E-state index contributed by atoms with van der Waals surface area (Å²) in [6.45, 7) is 3.62. The second-order valence-electron chi connectivity index (χ2n) is 5.31. The minimum atomic E-state index is 0.201. The molecule has 0 bridgehead atoms. The molecular weight excluding hydrogens is 406 g/mol. The number of nitrogens with two attached hydrogens (primary N) is 1. The van der Waals surface area contributed by atoms with Gasteiger partial charge in [0, 0.05) is 21.4 Å². The number of carbonyl (C=O) groups excluding carboxylic acids is 1. The molecule has 2 aromatic rings. The van der Waals surface area contributed by atoms with Crippen LogP contribution in [0.2, 0.25) is 0 Å². The lowest BCUT2D eigenvalue weighted by Crippen LogP contribution is -2.17. The highest BCUT2D eigenvalue weighted by Gasteiger charge is 1.96. The third-order valence-electron chi connectivity index (χ3n) is 2.84. The van der Waals surface area contributed by atoms with E-state index in [2.05, 4.69) is 44.0 Å². The van der Waals surface area contributed by atoms with Gasteiger partial charge in [-0.05, 0) is 55.7 Å².